The third kappa shape index (κ3) is 3.03. The first-order chi connectivity index (χ1) is 8.54. The van der Waals surface area contributed by atoms with E-state index in [1.807, 2.05) is 6.07 Å². The van der Waals surface area contributed by atoms with Gasteiger partial charge in [-0.2, -0.15) is 0 Å². The van der Waals surface area contributed by atoms with Crippen molar-refractivity contribution in [3.05, 3.63) is 29.3 Å². The van der Waals surface area contributed by atoms with Crippen LogP contribution in [0.15, 0.2) is 23.2 Å². The van der Waals surface area contributed by atoms with E-state index < -0.39 is 0 Å². The lowest BCUT2D eigenvalue weighted by Crippen LogP contribution is -2.24. The highest BCUT2D eigenvalue weighted by Crippen LogP contribution is 2.48. The monoisotopic (exact) mass is 245 g/mol. The molecule has 0 bridgehead atoms. The minimum absolute atomic E-state index is 0.454. The molecule has 0 amide bonds. The molecule has 0 unspecified atom stereocenters. The summed E-state index contributed by atoms with van der Waals surface area (Å²) in [6.45, 7) is 7.29. The lowest BCUT2D eigenvalue weighted by atomic mass is 10.1. The van der Waals surface area contributed by atoms with Crippen LogP contribution < -0.4 is 11.1 Å². The Bertz CT molecular complexity index is 459. The molecule has 0 spiro atoms. The number of nitrogens with zero attached hydrogens (tertiary/aromatic N) is 1. The Hall–Kier alpha value is -1.51. The van der Waals surface area contributed by atoms with Crippen molar-refractivity contribution in [1.82, 2.24) is 0 Å². The third-order valence-corrected chi connectivity index (χ3v) is 4.07. The zero-order chi connectivity index (χ0) is 13.2. The Morgan fingerprint density at radius 2 is 2.06 bits per heavy atom. The predicted molar refractivity (Wildman–Crippen MR) is 78.0 cm³/mol. The standard InChI is InChI=1S/C15H23N3/c1-4-15(7-8-15)10-17-14(16)18-13-6-5-11(2)12(3)9-13/h5-6,9H,4,7-8,10H2,1-3H3,(H3,16,17,18). The molecule has 3 heteroatoms. The zero-order valence-corrected chi connectivity index (χ0v) is 11.6. The van der Waals surface area contributed by atoms with E-state index in [1.54, 1.807) is 0 Å². The maximum absolute atomic E-state index is 5.92. The quantitative estimate of drug-likeness (QED) is 0.632. The fraction of sp³-hybridized carbons (Fsp3) is 0.533. The van der Waals surface area contributed by atoms with Crippen molar-refractivity contribution in [3.8, 4) is 0 Å². The van der Waals surface area contributed by atoms with Crippen molar-refractivity contribution in [3.63, 3.8) is 0 Å². The number of guanidine groups is 1. The molecule has 18 heavy (non-hydrogen) atoms. The smallest absolute Gasteiger partial charge is 0.193 e. The summed E-state index contributed by atoms with van der Waals surface area (Å²) in [6.07, 6.45) is 3.79. The fourth-order valence-electron chi connectivity index (χ4n) is 2.06. The minimum Gasteiger partial charge on any atom is -0.370 e. The summed E-state index contributed by atoms with van der Waals surface area (Å²) in [4.78, 5) is 4.46. The maximum Gasteiger partial charge on any atom is 0.193 e. The van der Waals surface area contributed by atoms with Crippen LogP contribution in [0, 0.1) is 19.3 Å². The predicted octanol–water partition coefficient (Wildman–Crippen LogP) is 3.22. The van der Waals surface area contributed by atoms with Crippen molar-refractivity contribution < 1.29 is 0 Å². The number of rotatable bonds is 4. The molecule has 1 aliphatic rings. The minimum atomic E-state index is 0.454. The van der Waals surface area contributed by atoms with Gasteiger partial charge in [-0.25, -0.2) is 0 Å². The van der Waals surface area contributed by atoms with Crippen molar-refractivity contribution >= 4 is 11.6 Å². The maximum atomic E-state index is 5.92. The van der Waals surface area contributed by atoms with E-state index in [-0.39, 0.29) is 0 Å². The molecule has 0 aromatic heterocycles. The second kappa shape index (κ2) is 5.01. The van der Waals surface area contributed by atoms with Crippen LogP contribution in [-0.2, 0) is 0 Å². The zero-order valence-electron chi connectivity index (χ0n) is 11.6. The Morgan fingerprint density at radius 1 is 1.33 bits per heavy atom. The van der Waals surface area contributed by atoms with Gasteiger partial charge in [0.2, 0.25) is 0 Å². The van der Waals surface area contributed by atoms with Gasteiger partial charge in [0.15, 0.2) is 5.96 Å². The van der Waals surface area contributed by atoms with Crippen molar-refractivity contribution in [2.45, 2.75) is 40.0 Å². The first-order valence-electron chi connectivity index (χ1n) is 6.69. The van der Waals surface area contributed by atoms with Gasteiger partial charge in [0, 0.05) is 12.2 Å². The summed E-state index contributed by atoms with van der Waals surface area (Å²) in [5, 5.41) is 3.16. The summed E-state index contributed by atoms with van der Waals surface area (Å²) in [7, 11) is 0. The van der Waals surface area contributed by atoms with Crippen LogP contribution in [-0.4, -0.2) is 12.5 Å². The van der Waals surface area contributed by atoms with Gasteiger partial charge in [-0.05, 0) is 61.8 Å². The van der Waals surface area contributed by atoms with Crippen LogP contribution in [0.1, 0.15) is 37.3 Å². The van der Waals surface area contributed by atoms with Crippen molar-refractivity contribution in [2.75, 3.05) is 11.9 Å². The average Bonchev–Trinajstić information content (AvgIpc) is 3.12. The first-order valence-corrected chi connectivity index (χ1v) is 6.69. The lowest BCUT2D eigenvalue weighted by Gasteiger charge is -2.11. The highest BCUT2D eigenvalue weighted by molar-refractivity contribution is 5.92. The van der Waals surface area contributed by atoms with Crippen LogP contribution >= 0.6 is 0 Å². The van der Waals surface area contributed by atoms with E-state index in [0.29, 0.717) is 11.4 Å². The number of hydrogen-bond donors (Lipinski definition) is 2. The van der Waals surface area contributed by atoms with Gasteiger partial charge in [0.1, 0.15) is 0 Å². The molecule has 1 fully saturated rings. The van der Waals surface area contributed by atoms with E-state index in [4.69, 9.17) is 5.73 Å². The van der Waals surface area contributed by atoms with Crippen LogP contribution in [0.25, 0.3) is 0 Å². The number of aliphatic imine (C=N–C) groups is 1. The highest BCUT2D eigenvalue weighted by atomic mass is 15.1. The Balaban J connectivity index is 1.95. The van der Waals surface area contributed by atoms with Crippen LogP contribution in [0.3, 0.4) is 0 Å². The number of benzene rings is 1. The Labute approximate surface area is 109 Å². The second-order valence-electron chi connectivity index (χ2n) is 5.48. The second-order valence-corrected chi connectivity index (χ2v) is 5.48. The molecule has 1 aromatic rings. The number of aryl methyl sites for hydroxylation is 2. The van der Waals surface area contributed by atoms with Crippen LogP contribution in [0.4, 0.5) is 5.69 Å². The van der Waals surface area contributed by atoms with Gasteiger partial charge in [-0.1, -0.05) is 13.0 Å². The molecule has 0 atom stereocenters. The van der Waals surface area contributed by atoms with E-state index >= 15 is 0 Å². The SMILES string of the molecule is CCC1(CN=C(N)Nc2ccc(C)c(C)c2)CC1. The van der Waals surface area contributed by atoms with E-state index in [9.17, 15) is 0 Å². The number of nitrogens with two attached hydrogens (primary N) is 1. The first kappa shape index (κ1) is 12.9. The molecular formula is C15H23N3. The highest BCUT2D eigenvalue weighted by Gasteiger charge is 2.40. The fourth-order valence-corrected chi connectivity index (χ4v) is 2.06. The van der Waals surface area contributed by atoms with Crippen LogP contribution in [0.2, 0.25) is 0 Å². The summed E-state index contributed by atoms with van der Waals surface area (Å²) in [5.74, 6) is 0.526. The number of nitrogens with one attached hydrogen (secondary N) is 1. The number of hydrogen-bond acceptors (Lipinski definition) is 1. The van der Waals surface area contributed by atoms with Gasteiger partial charge in [0.25, 0.3) is 0 Å². The van der Waals surface area contributed by atoms with Crippen molar-refractivity contribution in [1.29, 1.82) is 0 Å². The molecule has 1 aromatic carbocycles. The molecule has 0 saturated heterocycles. The molecular weight excluding hydrogens is 222 g/mol. The van der Waals surface area contributed by atoms with Crippen molar-refractivity contribution in [2.24, 2.45) is 16.1 Å². The Morgan fingerprint density at radius 3 is 2.61 bits per heavy atom. The van der Waals surface area contributed by atoms with Gasteiger partial charge < -0.3 is 11.1 Å². The van der Waals surface area contributed by atoms with Crippen LogP contribution in [0.5, 0.6) is 0 Å². The van der Waals surface area contributed by atoms with E-state index in [1.165, 1.54) is 30.4 Å². The Kier molecular flexibility index (Phi) is 3.60. The van der Waals surface area contributed by atoms with E-state index in [0.717, 1.165) is 12.2 Å². The number of anilines is 1. The molecule has 0 radical (unpaired) electrons. The molecule has 2 rings (SSSR count). The lowest BCUT2D eigenvalue weighted by molar-refractivity contribution is 0.506. The molecule has 0 heterocycles. The summed E-state index contributed by atoms with van der Waals surface area (Å²) in [5.41, 5.74) is 9.95. The van der Waals surface area contributed by atoms with Gasteiger partial charge >= 0.3 is 0 Å². The molecule has 0 aliphatic heterocycles. The molecule has 1 saturated carbocycles. The molecule has 3 nitrogen and oxygen atoms in total. The van der Waals surface area contributed by atoms with Gasteiger partial charge in [-0.15, -0.1) is 0 Å². The molecule has 3 N–H and O–H groups in total. The largest absolute Gasteiger partial charge is 0.370 e. The third-order valence-electron chi connectivity index (χ3n) is 4.07. The summed E-state index contributed by atoms with van der Waals surface area (Å²) >= 11 is 0. The molecule has 98 valence electrons. The van der Waals surface area contributed by atoms with Gasteiger partial charge in [0.05, 0.1) is 0 Å². The average molecular weight is 245 g/mol. The summed E-state index contributed by atoms with van der Waals surface area (Å²) in [6, 6.07) is 6.24. The topological polar surface area (TPSA) is 50.4 Å². The molecule has 1 aliphatic carbocycles. The summed E-state index contributed by atoms with van der Waals surface area (Å²) < 4.78 is 0. The van der Waals surface area contributed by atoms with Gasteiger partial charge in [-0.3, -0.25) is 4.99 Å². The van der Waals surface area contributed by atoms with E-state index in [2.05, 4.69) is 43.2 Å². The normalized spacial score (nSPS) is 17.6.